The molecule has 0 N–H and O–H groups in total. The first-order valence-corrected chi connectivity index (χ1v) is 7.34. The van der Waals surface area contributed by atoms with Crippen LogP contribution in [-0.4, -0.2) is 24.6 Å². The van der Waals surface area contributed by atoms with Gasteiger partial charge in [0.05, 0.1) is 18.4 Å². The van der Waals surface area contributed by atoms with Gasteiger partial charge in [-0.1, -0.05) is 55.4 Å². The summed E-state index contributed by atoms with van der Waals surface area (Å²) in [6.45, 7) is 15.5. The third-order valence-electron chi connectivity index (χ3n) is 3.04. The van der Waals surface area contributed by atoms with Crippen LogP contribution in [-0.2, 0) is 19.1 Å². The van der Waals surface area contributed by atoms with Crippen LogP contribution >= 0.6 is 0 Å². The van der Waals surface area contributed by atoms with Crippen molar-refractivity contribution < 1.29 is 19.1 Å². The summed E-state index contributed by atoms with van der Waals surface area (Å²) >= 11 is 0. The summed E-state index contributed by atoms with van der Waals surface area (Å²) in [5, 5.41) is 0. The Balaban J connectivity index is 4.71. The van der Waals surface area contributed by atoms with Crippen molar-refractivity contribution in [1.29, 1.82) is 0 Å². The minimum atomic E-state index is -0.280. The van der Waals surface area contributed by atoms with Gasteiger partial charge < -0.3 is 9.47 Å². The van der Waals surface area contributed by atoms with Crippen LogP contribution in [0.3, 0.4) is 0 Å². The van der Waals surface area contributed by atoms with Crippen molar-refractivity contribution >= 4 is 11.9 Å². The van der Waals surface area contributed by atoms with Crippen LogP contribution in [0.2, 0.25) is 0 Å². The normalized spacial score (nSPS) is 15.1. The molecule has 0 saturated heterocycles. The Kier molecular flexibility index (Phi) is 7.25. The summed E-state index contributed by atoms with van der Waals surface area (Å²) in [5.74, 6) is -0.786. The fourth-order valence-electron chi connectivity index (χ4n) is 1.88. The van der Waals surface area contributed by atoms with Crippen molar-refractivity contribution in [1.82, 2.24) is 0 Å². The minimum absolute atomic E-state index is 0.0413. The van der Waals surface area contributed by atoms with Crippen LogP contribution in [0.5, 0.6) is 0 Å². The van der Waals surface area contributed by atoms with E-state index >= 15 is 0 Å². The molecule has 0 fully saturated rings. The average molecular weight is 286 g/mol. The maximum absolute atomic E-state index is 11.8. The lowest BCUT2D eigenvalue weighted by atomic mass is 9.82. The second-order valence-corrected chi connectivity index (χ2v) is 7.14. The van der Waals surface area contributed by atoms with E-state index in [-0.39, 0.29) is 47.8 Å². The number of esters is 2. The molecular formula is C16H30O4. The molecule has 0 saturated carbocycles. The van der Waals surface area contributed by atoms with Crippen molar-refractivity contribution in [2.24, 2.45) is 23.2 Å². The van der Waals surface area contributed by atoms with Crippen LogP contribution < -0.4 is 0 Å². The highest BCUT2D eigenvalue weighted by Gasteiger charge is 2.34. The molecule has 0 rings (SSSR count). The summed E-state index contributed by atoms with van der Waals surface area (Å²) in [7, 11) is 0. The Morgan fingerprint density at radius 3 is 1.70 bits per heavy atom. The lowest BCUT2D eigenvalue weighted by Crippen LogP contribution is -2.40. The van der Waals surface area contributed by atoms with Gasteiger partial charge in [-0.2, -0.15) is 0 Å². The maximum Gasteiger partial charge on any atom is 0.308 e. The van der Waals surface area contributed by atoms with E-state index in [1.165, 1.54) is 0 Å². The highest BCUT2D eigenvalue weighted by molar-refractivity contribution is 5.72. The lowest BCUT2D eigenvalue weighted by Gasteiger charge is -2.35. The summed E-state index contributed by atoms with van der Waals surface area (Å²) in [5.41, 5.74) is -0.200. The first kappa shape index (κ1) is 18.9. The second-order valence-electron chi connectivity index (χ2n) is 7.14. The van der Waals surface area contributed by atoms with Crippen LogP contribution in [0, 0.1) is 23.2 Å². The molecule has 2 atom stereocenters. The SMILES string of the molecule is CC(C)C(=O)OCC(C)C(OC(=O)C(C)C)C(C)(C)C. The van der Waals surface area contributed by atoms with Crippen LogP contribution in [0.25, 0.3) is 0 Å². The molecule has 0 radical (unpaired) electrons. The topological polar surface area (TPSA) is 52.6 Å². The molecule has 0 aliphatic rings. The third-order valence-corrected chi connectivity index (χ3v) is 3.04. The molecule has 118 valence electrons. The number of carbonyl (C=O) groups is 2. The van der Waals surface area contributed by atoms with Gasteiger partial charge in [0, 0.05) is 5.92 Å². The largest absolute Gasteiger partial charge is 0.465 e. The zero-order chi connectivity index (χ0) is 16.1. The van der Waals surface area contributed by atoms with Gasteiger partial charge in [-0.25, -0.2) is 0 Å². The third kappa shape index (κ3) is 6.40. The Bertz CT molecular complexity index is 326. The zero-order valence-electron chi connectivity index (χ0n) is 14.1. The fraction of sp³-hybridized carbons (Fsp3) is 0.875. The average Bonchev–Trinajstić information content (AvgIpc) is 2.30. The van der Waals surface area contributed by atoms with Gasteiger partial charge in [0.1, 0.15) is 6.10 Å². The Hall–Kier alpha value is -1.06. The standard InChI is InChI=1S/C16H30O4/c1-10(2)14(17)19-9-12(5)13(16(6,7)8)20-15(18)11(3)4/h10-13H,9H2,1-8H3. The number of ether oxygens (including phenoxy) is 2. The number of hydrogen-bond acceptors (Lipinski definition) is 4. The molecule has 0 spiro atoms. The highest BCUT2D eigenvalue weighted by Crippen LogP contribution is 2.29. The molecule has 0 heterocycles. The van der Waals surface area contributed by atoms with Crippen molar-refractivity contribution in [2.75, 3.05) is 6.61 Å². The van der Waals surface area contributed by atoms with Gasteiger partial charge >= 0.3 is 11.9 Å². The van der Waals surface area contributed by atoms with Gasteiger partial charge in [-0.3, -0.25) is 9.59 Å². The maximum atomic E-state index is 11.8. The predicted molar refractivity (Wildman–Crippen MR) is 79.1 cm³/mol. The van der Waals surface area contributed by atoms with E-state index in [9.17, 15) is 9.59 Å². The van der Waals surface area contributed by atoms with Crippen molar-refractivity contribution in [2.45, 2.75) is 61.5 Å². The highest BCUT2D eigenvalue weighted by atomic mass is 16.6. The molecular weight excluding hydrogens is 256 g/mol. The van der Waals surface area contributed by atoms with Gasteiger partial charge in [0.2, 0.25) is 0 Å². The summed E-state index contributed by atoms with van der Waals surface area (Å²) < 4.78 is 10.9. The molecule has 0 aromatic heterocycles. The van der Waals surface area contributed by atoms with Gasteiger partial charge in [0.15, 0.2) is 0 Å². The fourth-order valence-corrected chi connectivity index (χ4v) is 1.88. The number of carbonyl (C=O) groups excluding carboxylic acids is 2. The van der Waals surface area contributed by atoms with Crippen LogP contribution in [0.1, 0.15) is 55.4 Å². The molecule has 0 amide bonds. The molecule has 0 aromatic rings. The quantitative estimate of drug-likeness (QED) is 0.702. The molecule has 4 nitrogen and oxygen atoms in total. The zero-order valence-corrected chi connectivity index (χ0v) is 14.1. The van der Waals surface area contributed by atoms with E-state index in [4.69, 9.17) is 9.47 Å². The molecule has 0 bridgehead atoms. The second kappa shape index (κ2) is 7.65. The Morgan fingerprint density at radius 1 is 0.900 bits per heavy atom. The predicted octanol–water partition coefficient (Wildman–Crippen LogP) is 3.44. The molecule has 20 heavy (non-hydrogen) atoms. The van der Waals surface area contributed by atoms with E-state index < -0.39 is 0 Å². The number of rotatable bonds is 6. The monoisotopic (exact) mass is 286 g/mol. The summed E-state index contributed by atoms with van der Waals surface area (Å²) in [6.07, 6.45) is -0.280. The van der Waals surface area contributed by atoms with E-state index in [1.807, 2.05) is 41.5 Å². The smallest absolute Gasteiger partial charge is 0.308 e. The number of hydrogen-bond donors (Lipinski definition) is 0. The van der Waals surface area contributed by atoms with E-state index in [1.54, 1.807) is 13.8 Å². The minimum Gasteiger partial charge on any atom is -0.465 e. The van der Waals surface area contributed by atoms with Crippen LogP contribution in [0.4, 0.5) is 0 Å². The molecule has 0 aliphatic carbocycles. The van der Waals surface area contributed by atoms with Gasteiger partial charge in [-0.15, -0.1) is 0 Å². The Labute approximate surface area is 123 Å². The molecule has 0 aliphatic heterocycles. The van der Waals surface area contributed by atoms with E-state index in [0.29, 0.717) is 0 Å². The van der Waals surface area contributed by atoms with E-state index in [2.05, 4.69) is 0 Å². The first-order valence-electron chi connectivity index (χ1n) is 7.34. The Morgan fingerprint density at radius 2 is 1.35 bits per heavy atom. The van der Waals surface area contributed by atoms with E-state index in [0.717, 1.165) is 0 Å². The molecule has 2 unspecified atom stereocenters. The van der Waals surface area contributed by atoms with Gasteiger partial charge in [0.25, 0.3) is 0 Å². The lowest BCUT2D eigenvalue weighted by molar-refractivity contribution is -0.166. The first-order chi connectivity index (χ1) is 8.96. The van der Waals surface area contributed by atoms with Crippen molar-refractivity contribution in [3.05, 3.63) is 0 Å². The van der Waals surface area contributed by atoms with Crippen LogP contribution in [0.15, 0.2) is 0 Å². The molecule has 4 heteroatoms. The summed E-state index contributed by atoms with van der Waals surface area (Å²) in [4.78, 5) is 23.3. The van der Waals surface area contributed by atoms with Crippen molar-refractivity contribution in [3.63, 3.8) is 0 Å². The van der Waals surface area contributed by atoms with Gasteiger partial charge in [-0.05, 0) is 5.41 Å². The van der Waals surface area contributed by atoms with Crippen molar-refractivity contribution in [3.8, 4) is 0 Å². The summed E-state index contributed by atoms with van der Waals surface area (Å²) in [6, 6.07) is 0. The molecule has 0 aromatic carbocycles.